The van der Waals surface area contributed by atoms with Crippen molar-refractivity contribution in [3.63, 3.8) is 0 Å². The summed E-state index contributed by atoms with van der Waals surface area (Å²) in [6.07, 6.45) is 3.55. The molecule has 6 rings (SSSR count). The van der Waals surface area contributed by atoms with Crippen molar-refractivity contribution in [3.8, 4) is 11.3 Å². The van der Waals surface area contributed by atoms with Crippen molar-refractivity contribution < 1.29 is 13.2 Å². The van der Waals surface area contributed by atoms with E-state index < -0.39 is 10.0 Å². The number of H-pyrrole nitrogens is 1. The van der Waals surface area contributed by atoms with Crippen molar-refractivity contribution >= 4 is 61.4 Å². The molecule has 3 aromatic carbocycles. The molecule has 1 amide bonds. The van der Waals surface area contributed by atoms with Gasteiger partial charge in [-0.15, -0.1) is 0 Å². The maximum absolute atomic E-state index is 12.9. The number of sulfonamides is 1. The van der Waals surface area contributed by atoms with Crippen molar-refractivity contribution in [3.05, 3.63) is 89.7 Å². The Morgan fingerprint density at radius 1 is 0.946 bits per heavy atom. The molecule has 9 nitrogen and oxygen atoms in total. The normalized spacial score (nSPS) is 12.8. The summed E-state index contributed by atoms with van der Waals surface area (Å²) in [5.74, 6) is 0.132. The zero-order valence-electron chi connectivity index (χ0n) is 19.1. The van der Waals surface area contributed by atoms with Crippen molar-refractivity contribution in [1.82, 2.24) is 15.0 Å². The third-order valence-corrected chi connectivity index (χ3v) is 7.58. The van der Waals surface area contributed by atoms with E-state index in [-0.39, 0.29) is 17.2 Å². The molecular formula is C26H19ClN6O3S. The van der Waals surface area contributed by atoms with Gasteiger partial charge in [-0.25, -0.2) is 18.4 Å². The topological polar surface area (TPSA) is 129 Å². The number of nitrogens with one attached hydrogen (secondary N) is 4. The van der Waals surface area contributed by atoms with Crippen LogP contribution in [-0.2, 0) is 21.2 Å². The summed E-state index contributed by atoms with van der Waals surface area (Å²) in [4.78, 5) is 24.5. The van der Waals surface area contributed by atoms with Gasteiger partial charge in [-0.2, -0.15) is 0 Å². The minimum atomic E-state index is -3.78. The van der Waals surface area contributed by atoms with Crippen LogP contribution in [0.2, 0.25) is 5.02 Å². The molecule has 0 unspecified atom stereocenters. The quantitative estimate of drug-likeness (QED) is 0.243. The lowest BCUT2D eigenvalue weighted by molar-refractivity contribution is -0.115. The average molecular weight is 531 g/mol. The van der Waals surface area contributed by atoms with Gasteiger partial charge >= 0.3 is 0 Å². The fraction of sp³-hybridized carbons (Fsp3) is 0.0385. The summed E-state index contributed by atoms with van der Waals surface area (Å²) in [5.41, 5.74) is 4.63. The Balaban J connectivity index is 1.24. The van der Waals surface area contributed by atoms with Gasteiger partial charge in [0.05, 0.1) is 22.7 Å². The number of rotatable bonds is 5. The van der Waals surface area contributed by atoms with E-state index in [1.54, 1.807) is 54.9 Å². The first kappa shape index (κ1) is 23.0. The minimum Gasteiger partial charge on any atom is -0.361 e. The Hall–Kier alpha value is -4.41. The molecule has 0 bridgehead atoms. The van der Waals surface area contributed by atoms with Gasteiger partial charge in [0.25, 0.3) is 10.0 Å². The van der Waals surface area contributed by atoms with Gasteiger partial charge in [0.15, 0.2) is 0 Å². The highest BCUT2D eigenvalue weighted by Crippen LogP contribution is 2.35. The largest absolute Gasteiger partial charge is 0.361 e. The molecule has 2 aromatic heterocycles. The van der Waals surface area contributed by atoms with Gasteiger partial charge in [-0.1, -0.05) is 11.6 Å². The molecule has 184 valence electrons. The van der Waals surface area contributed by atoms with Crippen LogP contribution in [0.25, 0.3) is 22.2 Å². The molecule has 5 aromatic rings. The zero-order chi connectivity index (χ0) is 25.6. The number of amides is 1. The molecule has 3 heterocycles. The van der Waals surface area contributed by atoms with E-state index in [9.17, 15) is 13.2 Å². The Kier molecular flexibility index (Phi) is 5.54. The number of carbonyl (C=O) groups is 1. The lowest BCUT2D eigenvalue weighted by Gasteiger charge is -2.12. The maximum Gasteiger partial charge on any atom is 0.261 e. The molecule has 11 heteroatoms. The smallest absolute Gasteiger partial charge is 0.261 e. The number of nitrogens with zero attached hydrogens (tertiary/aromatic N) is 2. The first-order valence-corrected chi connectivity index (χ1v) is 13.1. The molecule has 0 fully saturated rings. The number of halogens is 1. The number of aromatic amines is 1. The van der Waals surface area contributed by atoms with Gasteiger partial charge < -0.3 is 15.6 Å². The number of carbonyl (C=O) groups excluding carboxylic acids is 1. The average Bonchev–Trinajstić information content (AvgIpc) is 3.28. The number of hydrogen-bond acceptors (Lipinski definition) is 6. The lowest BCUT2D eigenvalue weighted by Crippen LogP contribution is -2.13. The van der Waals surface area contributed by atoms with Crippen LogP contribution >= 0.6 is 11.6 Å². The Morgan fingerprint density at radius 2 is 1.76 bits per heavy atom. The summed E-state index contributed by atoms with van der Waals surface area (Å²) in [5, 5.41) is 7.36. The summed E-state index contributed by atoms with van der Waals surface area (Å²) in [6, 6.07) is 18.7. The van der Waals surface area contributed by atoms with Crippen molar-refractivity contribution in [2.24, 2.45) is 0 Å². The van der Waals surface area contributed by atoms with Crippen molar-refractivity contribution in [2.75, 3.05) is 15.4 Å². The lowest BCUT2D eigenvalue weighted by atomic mass is 10.1. The molecule has 0 saturated carbocycles. The second kappa shape index (κ2) is 8.91. The molecule has 0 aliphatic carbocycles. The monoisotopic (exact) mass is 530 g/mol. The molecule has 4 N–H and O–H groups in total. The van der Waals surface area contributed by atoms with Gasteiger partial charge in [0, 0.05) is 50.8 Å². The molecule has 1 aliphatic rings. The zero-order valence-corrected chi connectivity index (χ0v) is 20.7. The molecule has 0 atom stereocenters. The van der Waals surface area contributed by atoms with Crippen LogP contribution in [-0.4, -0.2) is 29.3 Å². The molecule has 0 radical (unpaired) electrons. The molecule has 0 saturated heterocycles. The predicted octanol–water partition coefficient (Wildman–Crippen LogP) is 5.32. The molecule has 0 spiro atoms. The van der Waals surface area contributed by atoms with E-state index in [2.05, 4.69) is 30.3 Å². The highest BCUT2D eigenvalue weighted by atomic mass is 35.5. The van der Waals surface area contributed by atoms with E-state index >= 15 is 0 Å². The van der Waals surface area contributed by atoms with Crippen molar-refractivity contribution in [1.29, 1.82) is 0 Å². The Bertz CT molecular complexity index is 1780. The fourth-order valence-corrected chi connectivity index (χ4v) is 5.42. The SMILES string of the molecule is O=C1Cc2cnc(Nc3ccc(S(=O)(=O)Nc4ccc5[nH]ccc5c4)cc3)nc2-c2ccc(Cl)cc2N1. The summed E-state index contributed by atoms with van der Waals surface area (Å²) in [6.45, 7) is 0. The van der Waals surface area contributed by atoms with Gasteiger partial charge in [0.1, 0.15) is 0 Å². The highest BCUT2D eigenvalue weighted by Gasteiger charge is 2.21. The first-order valence-electron chi connectivity index (χ1n) is 11.3. The van der Waals surface area contributed by atoms with E-state index in [4.69, 9.17) is 11.6 Å². The summed E-state index contributed by atoms with van der Waals surface area (Å²) >= 11 is 6.11. The van der Waals surface area contributed by atoms with Gasteiger partial charge in [0.2, 0.25) is 11.9 Å². The number of benzene rings is 3. The predicted molar refractivity (Wildman–Crippen MR) is 144 cm³/mol. The third-order valence-electron chi connectivity index (χ3n) is 5.95. The van der Waals surface area contributed by atoms with Crippen LogP contribution in [0.3, 0.4) is 0 Å². The second-order valence-electron chi connectivity index (χ2n) is 8.52. The number of fused-ring (bicyclic) bond motifs is 4. The van der Waals surface area contributed by atoms with Crippen LogP contribution in [0.1, 0.15) is 5.56 Å². The Labute approximate surface area is 217 Å². The number of anilines is 4. The second-order valence-corrected chi connectivity index (χ2v) is 10.6. The molecule has 37 heavy (non-hydrogen) atoms. The van der Waals surface area contributed by atoms with Crippen LogP contribution in [0, 0.1) is 0 Å². The van der Waals surface area contributed by atoms with Crippen LogP contribution in [0.4, 0.5) is 23.0 Å². The fourth-order valence-electron chi connectivity index (χ4n) is 4.20. The van der Waals surface area contributed by atoms with E-state index in [1.807, 2.05) is 12.1 Å². The van der Waals surface area contributed by atoms with E-state index in [0.717, 1.165) is 16.5 Å². The van der Waals surface area contributed by atoms with Crippen molar-refractivity contribution in [2.45, 2.75) is 11.3 Å². The molecular weight excluding hydrogens is 512 g/mol. The van der Waals surface area contributed by atoms with E-state index in [0.29, 0.717) is 39.3 Å². The Morgan fingerprint density at radius 3 is 2.59 bits per heavy atom. The number of hydrogen-bond donors (Lipinski definition) is 4. The van der Waals surface area contributed by atoms with E-state index in [1.165, 1.54) is 12.1 Å². The summed E-state index contributed by atoms with van der Waals surface area (Å²) < 4.78 is 28.4. The highest BCUT2D eigenvalue weighted by molar-refractivity contribution is 7.92. The van der Waals surface area contributed by atoms with Crippen LogP contribution < -0.4 is 15.4 Å². The van der Waals surface area contributed by atoms with Crippen LogP contribution in [0.5, 0.6) is 0 Å². The summed E-state index contributed by atoms with van der Waals surface area (Å²) in [7, 11) is -3.78. The third kappa shape index (κ3) is 4.59. The maximum atomic E-state index is 12.9. The number of aromatic nitrogens is 3. The van der Waals surface area contributed by atoms with Gasteiger partial charge in [-0.3, -0.25) is 9.52 Å². The minimum absolute atomic E-state index is 0.116. The van der Waals surface area contributed by atoms with Gasteiger partial charge in [-0.05, 0) is 66.7 Å². The van der Waals surface area contributed by atoms with Crippen LogP contribution in [0.15, 0.2) is 84.0 Å². The molecule has 1 aliphatic heterocycles. The first-order chi connectivity index (χ1) is 17.8. The standard InChI is InChI=1S/C26H19ClN6O3S/c27-17-1-7-21-23(13-17)31-24(34)12-16-14-29-26(32-25(16)21)30-18-2-5-20(6-3-18)37(35,36)33-19-4-8-22-15(11-19)9-10-28-22/h1-11,13-14,28,33H,12H2,(H,31,34)(H,29,30,32).